The van der Waals surface area contributed by atoms with Gasteiger partial charge in [0.2, 0.25) is 0 Å². The van der Waals surface area contributed by atoms with Crippen molar-refractivity contribution in [3.8, 4) is 0 Å². The smallest absolute Gasteiger partial charge is 0.0613 e. The maximum absolute atomic E-state index is 9.68. The molecular weight excluding hydrogens is 242 g/mol. The number of rotatable bonds is 5. The maximum atomic E-state index is 9.68. The van der Waals surface area contributed by atoms with Crippen molar-refractivity contribution in [1.82, 2.24) is 5.32 Å². The van der Waals surface area contributed by atoms with Crippen LogP contribution in [0.15, 0.2) is 35.2 Å². The van der Waals surface area contributed by atoms with E-state index in [1.54, 1.807) is 0 Å². The Bertz CT molecular complexity index is 368. The molecule has 2 rings (SSSR count). The molecule has 0 aromatic heterocycles. The molecular formula is C15H23NOS. The van der Waals surface area contributed by atoms with E-state index in [4.69, 9.17) is 0 Å². The zero-order chi connectivity index (χ0) is 13.0. The van der Waals surface area contributed by atoms with Gasteiger partial charge in [0.25, 0.3) is 0 Å². The first-order valence-electron chi connectivity index (χ1n) is 6.74. The average molecular weight is 265 g/mol. The third kappa shape index (κ3) is 3.50. The van der Waals surface area contributed by atoms with Crippen LogP contribution in [0.2, 0.25) is 0 Å². The highest BCUT2D eigenvalue weighted by molar-refractivity contribution is 8.00. The van der Waals surface area contributed by atoms with Crippen LogP contribution >= 0.6 is 11.8 Å². The Hall–Kier alpha value is -0.510. The molecule has 0 radical (unpaired) electrons. The first kappa shape index (κ1) is 13.9. The molecule has 0 aliphatic heterocycles. The molecule has 0 spiro atoms. The van der Waals surface area contributed by atoms with E-state index in [1.165, 1.54) is 11.3 Å². The minimum absolute atomic E-state index is 0.0549. The van der Waals surface area contributed by atoms with Crippen molar-refractivity contribution >= 4 is 11.8 Å². The second-order valence-electron chi connectivity index (χ2n) is 5.53. The summed E-state index contributed by atoms with van der Waals surface area (Å²) in [6.07, 6.45) is 3.31. The van der Waals surface area contributed by atoms with Gasteiger partial charge in [-0.15, -0.1) is 11.8 Å². The van der Waals surface area contributed by atoms with E-state index < -0.39 is 0 Å². The Labute approximate surface area is 114 Å². The molecule has 1 aliphatic carbocycles. The largest absolute Gasteiger partial charge is 0.394 e. The van der Waals surface area contributed by atoms with E-state index in [-0.39, 0.29) is 12.1 Å². The van der Waals surface area contributed by atoms with E-state index in [0.29, 0.717) is 11.3 Å². The number of thioether (sulfide) groups is 1. The summed E-state index contributed by atoms with van der Waals surface area (Å²) in [6, 6.07) is 11.0. The fraction of sp³-hybridized carbons (Fsp3) is 0.600. The van der Waals surface area contributed by atoms with Crippen molar-refractivity contribution in [3.63, 3.8) is 0 Å². The molecule has 2 atom stereocenters. The molecule has 0 saturated heterocycles. The summed E-state index contributed by atoms with van der Waals surface area (Å²) in [5.41, 5.74) is -0.0549. The molecule has 1 aromatic carbocycles. The van der Waals surface area contributed by atoms with Gasteiger partial charge in [-0.1, -0.05) is 32.0 Å². The number of benzene rings is 1. The Morgan fingerprint density at radius 3 is 2.72 bits per heavy atom. The highest BCUT2D eigenvalue weighted by Gasteiger charge is 2.39. The summed E-state index contributed by atoms with van der Waals surface area (Å²) in [5.74, 6) is 0. The number of nitrogens with one attached hydrogen (secondary N) is 1. The van der Waals surface area contributed by atoms with E-state index in [0.717, 1.165) is 12.8 Å². The number of aliphatic hydroxyl groups excluding tert-OH is 1. The fourth-order valence-corrected chi connectivity index (χ4v) is 4.14. The third-order valence-electron chi connectivity index (χ3n) is 3.51. The lowest BCUT2D eigenvalue weighted by Crippen LogP contribution is -2.49. The normalized spacial score (nSPS) is 27.9. The molecule has 2 nitrogen and oxygen atoms in total. The monoisotopic (exact) mass is 265 g/mol. The molecule has 1 fully saturated rings. The molecule has 3 heteroatoms. The Morgan fingerprint density at radius 2 is 2.11 bits per heavy atom. The number of hydrogen-bond acceptors (Lipinski definition) is 3. The summed E-state index contributed by atoms with van der Waals surface area (Å²) in [5, 5.41) is 13.9. The standard InChI is InChI=1S/C15H23NOS/c1-12(2)16-15(11-17)9-8-14(10-15)18-13-6-4-3-5-7-13/h3-7,12,14,16-17H,8-11H2,1-2H3. The minimum Gasteiger partial charge on any atom is -0.394 e. The number of aliphatic hydroxyl groups is 1. The zero-order valence-corrected chi connectivity index (χ0v) is 12.0. The SMILES string of the molecule is CC(C)NC1(CO)CCC(Sc2ccccc2)C1. The molecule has 1 aliphatic rings. The van der Waals surface area contributed by atoms with Gasteiger partial charge < -0.3 is 10.4 Å². The molecule has 1 aromatic rings. The van der Waals surface area contributed by atoms with Gasteiger partial charge in [0, 0.05) is 21.7 Å². The summed E-state index contributed by atoms with van der Waals surface area (Å²) in [7, 11) is 0. The van der Waals surface area contributed by atoms with Crippen LogP contribution in [0.25, 0.3) is 0 Å². The first-order valence-corrected chi connectivity index (χ1v) is 7.62. The van der Waals surface area contributed by atoms with Gasteiger partial charge in [-0.25, -0.2) is 0 Å². The summed E-state index contributed by atoms with van der Waals surface area (Å²) in [6.45, 7) is 4.54. The molecule has 0 bridgehead atoms. The van der Waals surface area contributed by atoms with Gasteiger partial charge in [0.15, 0.2) is 0 Å². The third-order valence-corrected chi connectivity index (χ3v) is 4.79. The van der Waals surface area contributed by atoms with Crippen molar-refractivity contribution in [1.29, 1.82) is 0 Å². The summed E-state index contributed by atoms with van der Waals surface area (Å²) >= 11 is 1.94. The van der Waals surface area contributed by atoms with Crippen LogP contribution in [0.1, 0.15) is 33.1 Å². The lowest BCUT2D eigenvalue weighted by atomic mass is 9.98. The van der Waals surface area contributed by atoms with Crippen molar-refractivity contribution < 1.29 is 5.11 Å². The van der Waals surface area contributed by atoms with Crippen molar-refractivity contribution in [2.75, 3.05) is 6.61 Å². The van der Waals surface area contributed by atoms with E-state index in [2.05, 4.69) is 49.5 Å². The first-order chi connectivity index (χ1) is 8.63. The maximum Gasteiger partial charge on any atom is 0.0613 e. The molecule has 0 heterocycles. The lowest BCUT2D eigenvalue weighted by Gasteiger charge is -2.31. The van der Waals surface area contributed by atoms with E-state index >= 15 is 0 Å². The van der Waals surface area contributed by atoms with Crippen LogP contribution in [0.5, 0.6) is 0 Å². The fourth-order valence-electron chi connectivity index (χ4n) is 2.80. The number of hydrogen-bond donors (Lipinski definition) is 2. The Kier molecular flexibility index (Phi) is 4.71. The predicted molar refractivity (Wildman–Crippen MR) is 78.0 cm³/mol. The molecule has 100 valence electrons. The van der Waals surface area contributed by atoms with Crippen molar-refractivity contribution in [2.24, 2.45) is 0 Å². The van der Waals surface area contributed by atoms with Crippen LogP contribution in [-0.2, 0) is 0 Å². The summed E-state index contributed by atoms with van der Waals surface area (Å²) in [4.78, 5) is 1.33. The van der Waals surface area contributed by atoms with Crippen LogP contribution < -0.4 is 5.32 Å². The Balaban J connectivity index is 1.94. The van der Waals surface area contributed by atoms with Gasteiger partial charge in [-0.3, -0.25) is 0 Å². The van der Waals surface area contributed by atoms with Crippen LogP contribution in [0.4, 0.5) is 0 Å². The second kappa shape index (κ2) is 6.09. The minimum atomic E-state index is -0.0549. The highest BCUT2D eigenvalue weighted by Crippen LogP contribution is 2.40. The van der Waals surface area contributed by atoms with Crippen LogP contribution in [-0.4, -0.2) is 28.5 Å². The molecule has 18 heavy (non-hydrogen) atoms. The Morgan fingerprint density at radius 1 is 1.39 bits per heavy atom. The van der Waals surface area contributed by atoms with Gasteiger partial charge >= 0.3 is 0 Å². The molecule has 1 saturated carbocycles. The quantitative estimate of drug-likeness (QED) is 0.858. The zero-order valence-electron chi connectivity index (χ0n) is 11.2. The predicted octanol–water partition coefficient (Wildman–Crippen LogP) is 3.06. The lowest BCUT2D eigenvalue weighted by molar-refractivity contribution is 0.156. The van der Waals surface area contributed by atoms with E-state index in [1.807, 2.05) is 11.8 Å². The summed E-state index contributed by atoms with van der Waals surface area (Å²) < 4.78 is 0. The van der Waals surface area contributed by atoms with Crippen LogP contribution in [0.3, 0.4) is 0 Å². The van der Waals surface area contributed by atoms with Gasteiger partial charge in [0.1, 0.15) is 0 Å². The average Bonchev–Trinajstić information content (AvgIpc) is 2.73. The van der Waals surface area contributed by atoms with Gasteiger partial charge in [0.05, 0.1) is 6.61 Å². The molecule has 2 N–H and O–H groups in total. The van der Waals surface area contributed by atoms with Gasteiger partial charge in [-0.2, -0.15) is 0 Å². The molecule has 2 unspecified atom stereocenters. The highest BCUT2D eigenvalue weighted by atomic mass is 32.2. The van der Waals surface area contributed by atoms with Crippen molar-refractivity contribution in [3.05, 3.63) is 30.3 Å². The van der Waals surface area contributed by atoms with Crippen molar-refractivity contribution in [2.45, 2.75) is 54.8 Å². The topological polar surface area (TPSA) is 32.3 Å². The van der Waals surface area contributed by atoms with E-state index in [9.17, 15) is 5.11 Å². The second-order valence-corrected chi connectivity index (χ2v) is 6.91. The van der Waals surface area contributed by atoms with Gasteiger partial charge in [-0.05, 0) is 31.4 Å². The van der Waals surface area contributed by atoms with Crippen LogP contribution in [0, 0.1) is 0 Å². The molecule has 0 amide bonds.